The standard InChI is InChI=1S/C31H41N5O4/c37-26-5-4-25(28(38)33-26)36-29(39)24-3-1-2-23(27(24)30(36)40)6-8-34-10-12-35(13-11-34)9-7-32-31-17-20-14-21(18-31)16-22(15-20)19-31/h1-3,20-22,25,32H,4-19H2,(H,33,37,38). The number of rotatable bonds is 8. The number of fused-ring (bicyclic) bond motifs is 1. The van der Waals surface area contributed by atoms with Crippen LogP contribution in [0.15, 0.2) is 18.2 Å². The van der Waals surface area contributed by atoms with Crippen LogP contribution in [0.5, 0.6) is 0 Å². The molecule has 7 aliphatic rings. The van der Waals surface area contributed by atoms with Crippen molar-refractivity contribution >= 4 is 23.6 Å². The Balaban J connectivity index is 0.900. The fourth-order valence-electron chi connectivity index (χ4n) is 9.11. The van der Waals surface area contributed by atoms with E-state index >= 15 is 0 Å². The van der Waals surface area contributed by atoms with Crippen LogP contribution in [0.1, 0.15) is 77.6 Å². The summed E-state index contributed by atoms with van der Waals surface area (Å²) in [6, 6.07) is 4.48. The van der Waals surface area contributed by atoms with E-state index in [0.29, 0.717) is 23.1 Å². The van der Waals surface area contributed by atoms with Gasteiger partial charge in [-0.2, -0.15) is 0 Å². The van der Waals surface area contributed by atoms with Gasteiger partial charge in [0.25, 0.3) is 11.8 Å². The van der Waals surface area contributed by atoms with Crippen molar-refractivity contribution in [3.8, 4) is 0 Å². The van der Waals surface area contributed by atoms with Crippen LogP contribution in [0.2, 0.25) is 0 Å². The molecular weight excluding hydrogens is 506 g/mol. The Kier molecular flexibility index (Phi) is 6.79. The normalized spacial score (nSPS) is 34.0. The van der Waals surface area contributed by atoms with Crippen LogP contribution in [0.3, 0.4) is 0 Å². The minimum absolute atomic E-state index is 0.126. The van der Waals surface area contributed by atoms with Gasteiger partial charge in [-0.15, -0.1) is 0 Å². The molecule has 3 aliphatic heterocycles. The molecule has 2 N–H and O–H groups in total. The first-order valence-corrected chi connectivity index (χ1v) is 15.4. The van der Waals surface area contributed by atoms with Gasteiger partial charge in [0.2, 0.25) is 11.8 Å². The molecule has 3 heterocycles. The van der Waals surface area contributed by atoms with Crippen molar-refractivity contribution in [3.63, 3.8) is 0 Å². The van der Waals surface area contributed by atoms with E-state index in [1.807, 2.05) is 12.1 Å². The van der Waals surface area contributed by atoms with Crippen molar-refractivity contribution in [1.29, 1.82) is 0 Å². The maximum absolute atomic E-state index is 13.4. The highest BCUT2D eigenvalue weighted by Crippen LogP contribution is 2.55. The van der Waals surface area contributed by atoms with E-state index in [9.17, 15) is 19.2 Å². The van der Waals surface area contributed by atoms with Gasteiger partial charge in [0.05, 0.1) is 11.1 Å². The Bertz CT molecular complexity index is 1190. The molecule has 2 saturated heterocycles. The summed E-state index contributed by atoms with van der Waals surface area (Å²) in [5.41, 5.74) is 2.07. The molecule has 214 valence electrons. The number of hydrogen-bond donors (Lipinski definition) is 2. The molecule has 6 fully saturated rings. The largest absolute Gasteiger partial charge is 0.310 e. The minimum Gasteiger partial charge on any atom is -0.310 e. The van der Waals surface area contributed by atoms with Crippen molar-refractivity contribution in [2.45, 2.75) is 69.4 Å². The molecule has 4 bridgehead atoms. The summed E-state index contributed by atoms with van der Waals surface area (Å²) >= 11 is 0. The molecule has 4 amide bonds. The van der Waals surface area contributed by atoms with Gasteiger partial charge in [-0.05, 0) is 80.8 Å². The van der Waals surface area contributed by atoms with Gasteiger partial charge < -0.3 is 10.2 Å². The molecule has 0 aromatic heterocycles. The zero-order valence-electron chi connectivity index (χ0n) is 23.3. The van der Waals surface area contributed by atoms with E-state index in [4.69, 9.17) is 0 Å². The Hall–Kier alpha value is -2.62. The van der Waals surface area contributed by atoms with Crippen molar-refractivity contribution in [3.05, 3.63) is 34.9 Å². The van der Waals surface area contributed by atoms with Crippen molar-refractivity contribution < 1.29 is 19.2 Å². The molecule has 40 heavy (non-hydrogen) atoms. The summed E-state index contributed by atoms with van der Waals surface area (Å²) < 4.78 is 0. The van der Waals surface area contributed by atoms with Gasteiger partial charge >= 0.3 is 0 Å². The third-order valence-corrected chi connectivity index (χ3v) is 10.7. The first-order chi connectivity index (χ1) is 19.4. The van der Waals surface area contributed by atoms with Gasteiger partial charge in [0.15, 0.2) is 0 Å². The fraction of sp³-hybridized carbons (Fsp3) is 0.677. The second kappa shape index (κ2) is 10.3. The fourth-order valence-corrected chi connectivity index (χ4v) is 9.11. The number of benzene rings is 1. The molecule has 1 aromatic carbocycles. The third kappa shape index (κ3) is 4.80. The zero-order valence-corrected chi connectivity index (χ0v) is 23.3. The molecule has 1 atom stereocenters. The smallest absolute Gasteiger partial charge is 0.262 e. The third-order valence-electron chi connectivity index (χ3n) is 10.7. The van der Waals surface area contributed by atoms with Gasteiger partial charge in [0.1, 0.15) is 6.04 Å². The highest BCUT2D eigenvalue weighted by atomic mass is 16.2. The van der Waals surface area contributed by atoms with E-state index < -0.39 is 23.8 Å². The number of nitrogens with zero attached hydrogens (tertiary/aromatic N) is 3. The predicted octanol–water partition coefficient (Wildman–Crippen LogP) is 1.81. The van der Waals surface area contributed by atoms with Crippen LogP contribution < -0.4 is 10.6 Å². The Morgan fingerprint density at radius 2 is 1.50 bits per heavy atom. The lowest BCUT2D eigenvalue weighted by Crippen LogP contribution is -2.59. The van der Waals surface area contributed by atoms with E-state index in [1.165, 1.54) is 38.5 Å². The number of imide groups is 2. The maximum Gasteiger partial charge on any atom is 0.262 e. The minimum atomic E-state index is -0.927. The average molecular weight is 548 g/mol. The number of carbonyl (C=O) groups is 4. The number of carbonyl (C=O) groups excluding carboxylic acids is 4. The molecule has 4 aliphatic carbocycles. The van der Waals surface area contributed by atoms with Crippen LogP contribution in [-0.4, -0.2) is 95.7 Å². The van der Waals surface area contributed by atoms with Crippen LogP contribution in [0.4, 0.5) is 0 Å². The predicted molar refractivity (Wildman–Crippen MR) is 149 cm³/mol. The highest BCUT2D eigenvalue weighted by Gasteiger charge is 2.50. The Morgan fingerprint density at radius 3 is 2.15 bits per heavy atom. The SMILES string of the molecule is O=C1CCC(N2C(=O)c3cccc(CCN4CCN(CCNC56CC7CC(CC(C7)C5)C6)CC4)c3C2=O)C(=O)N1. The average Bonchev–Trinajstić information content (AvgIpc) is 3.17. The summed E-state index contributed by atoms with van der Waals surface area (Å²) in [5.74, 6) is 1.13. The summed E-state index contributed by atoms with van der Waals surface area (Å²) in [7, 11) is 0. The van der Waals surface area contributed by atoms with Crippen LogP contribution in [0.25, 0.3) is 0 Å². The van der Waals surface area contributed by atoms with E-state index in [0.717, 1.165) is 74.0 Å². The molecule has 8 rings (SSSR count). The molecule has 1 aromatic rings. The van der Waals surface area contributed by atoms with Crippen LogP contribution in [-0.2, 0) is 16.0 Å². The van der Waals surface area contributed by atoms with Crippen molar-refractivity contribution in [2.24, 2.45) is 17.8 Å². The quantitative estimate of drug-likeness (QED) is 0.479. The monoisotopic (exact) mass is 547 g/mol. The van der Waals surface area contributed by atoms with E-state index in [-0.39, 0.29) is 18.7 Å². The Labute approximate surface area is 236 Å². The van der Waals surface area contributed by atoms with Gasteiger partial charge in [0, 0.05) is 57.8 Å². The number of amides is 4. The van der Waals surface area contributed by atoms with Crippen molar-refractivity contribution in [2.75, 3.05) is 45.8 Å². The molecule has 0 spiro atoms. The molecule has 9 nitrogen and oxygen atoms in total. The van der Waals surface area contributed by atoms with E-state index in [1.54, 1.807) is 6.07 Å². The number of piperazine rings is 1. The van der Waals surface area contributed by atoms with Gasteiger partial charge in [-0.3, -0.25) is 34.3 Å². The molecule has 1 unspecified atom stereocenters. The van der Waals surface area contributed by atoms with Crippen LogP contribution in [0, 0.1) is 17.8 Å². The molecule has 9 heteroatoms. The Morgan fingerprint density at radius 1 is 0.850 bits per heavy atom. The highest BCUT2D eigenvalue weighted by molar-refractivity contribution is 6.24. The summed E-state index contributed by atoms with van der Waals surface area (Å²) in [6.45, 7) is 7.13. The number of hydrogen-bond acceptors (Lipinski definition) is 7. The van der Waals surface area contributed by atoms with Gasteiger partial charge in [-0.1, -0.05) is 12.1 Å². The second-order valence-corrected chi connectivity index (χ2v) is 13.3. The zero-order chi connectivity index (χ0) is 27.4. The van der Waals surface area contributed by atoms with Gasteiger partial charge in [-0.25, -0.2) is 0 Å². The summed E-state index contributed by atoms with van der Waals surface area (Å²) in [4.78, 5) is 56.5. The summed E-state index contributed by atoms with van der Waals surface area (Å²) in [5, 5.41) is 6.30. The first-order valence-electron chi connectivity index (χ1n) is 15.4. The molecular formula is C31H41N5O4. The number of piperidine rings is 1. The summed E-state index contributed by atoms with van der Waals surface area (Å²) in [6.07, 6.45) is 9.62. The first kappa shape index (κ1) is 26.3. The van der Waals surface area contributed by atoms with Crippen molar-refractivity contribution in [1.82, 2.24) is 25.3 Å². The van der Waals surface area contributed by atoms with E-state index in [2.05, 4.69) is 20.4 Å². The molecule has 4 saturated carbocycles. The lowest BCUT2D eigenvalue weighted by Gasteiger charge is -2.57. The maximum atomic E-state index is 13.4. The topological polar surface area (TPSA) is 102 Å². The molecule has 0 radical (unpaired) electrons. The lowest BCUT2D eigenvalue weighted by atomic mass is 9.53. The number of nitrogens with one attached hydrogen (secondary N) is 2. The lowest BCUT2D eigenvalue weighted by molar-refractivity contribution is -0.136. The second-order valence-electron chi connectivity index (χ2n) is 13.3. The van der Waals surface area contributed by atoms with Crippen LogP contribution >= 0.6 is 0 Å².